The summed E-state index contributed by atoms with van der Waals surface area (Å²) in [6.07, 6.45) is 6.17. The van der Waals surface area contributed by atoms with Crippen LogP contribution in [0.2, 0.25) is 0 Å². The van der Waals surface area contributed by atoms with Gasteiger partial charge in [-0.05, 0) is 112 Å². The second kappa shape index (κ2) is 11.8. The molecule has 0 aromatic rings. The summed E-state index contributed by atoms with van der Waals surface area (Å²) in [5, 5.41) is 41.0. The summed E-state index contributed by atoms with van der Waals surface area (Å²) in [5.74, 6) is -0.133. The number of aliphatic hydroxyl groups excluding tert-OH is 3. The fraction of sp³-hybridized carbons (Fsp3) is 0.838. The molecule has 1 saturated heterocycles. The third-order valence-electron chi connectivity index (χ3n) is 13.7. The highest BCUT2D eigenvalue weighted by molar-refractivity contribution is 5.79. The van der Waals surface area contributed by atoms with Crippen LogP contribution in [0.1, 0.15) is 113 Å². The molecule has 0 aromatic heterocycles. The van der Waals surface area contributed by atoms with E-state index in [9.17, 15) is 30.0 Å². The maximum Gasteiger partial charge on any atom is 0.311 e. The monoisotopic (exact) mass is 630 g/mol. The number of ether oxygens (including phenoxy) is 2. The minimum atomic E-state index is -1.55. The van der Waals surface area contributed by atoms with Crippen molar-refractivity contribution >= 4 is 11.8 Å². The molecule has 0 aromatic carbocycles. The van der Waals surface area contributed by atoms with Crippen molar-refractivity contribution in [2.45, 2.75) is 143 Å². The molecule has 5 aliphatic rings. The summed E-state index contributed by atoms with van der Waals surface area (Å²) in [5.41, 5.74) is 1.93. The Morgan fingerprint density at radius 1 is 0.978 bits per heavy atom. The van der Waals surface area contributed by atoms with Gasteiger partial charge in [0.2, 0.25) is 6.29 Å². The highest BCUT2D eigenvalue weighted by atomic mass is 16.7. The summed E-state index contributed by atoms with van der Waals surface area (Å²) in [4.78, 5) is 26.7. The van der Waals surface area contributed by atoms with Gasteiger partial charge in [0.1, 0.15) is 24.1 Å². The van der Waals surface area contributed by atoms with Crippen LogP contribution in [0.15, 0.2) is 23.3 Å². The van der Waals surface area contributed by atoms with Crippen LogP contribution in [0.4, 0.5) is 0 Å². The van der Waals surface area contributed by atoms with Gasteiger partial charge in [0.05, 0.1) is 18.1 Å². The predicted molar refractivity (Wildman–Crippen MR) is 171 cm³/mol. The van der Waals surface area contributed by atoms with Gasteiger partial charge in [-0.2, -0.15) is 0 Å². The van der Waals surface area contributed by atoms with Gasteiger partial charge in [-0.3, -0.25) is 9.59 Å². The molecule has 8 heteroatoms. The number of aliphatic hydroxyl groups is 4. The van der Waals surface area contributed by atoms with Crippen LogP contribution in [-0.2, 0) is 19.1 Å². The SMILES string of the molecule is CC(=O)[C@@H]1CC[C@]2(C)C3=C(CC[C@H]2C1(C)C)[C@]1(C)CC[C@H]([C@@H](C/C=C/C(C)(C)O)C(=O)O[C@@H]2OC[C@@H](O)[C@H](O)[C@H]2O)[C@@]1(C)CC3. The molecule has 1 aliphatic heterocycles. The normalized spacial score (nSPS) is 43.8. The van der Waals surface area contributed by atoms with E-state index in [1.54, 1.807) is 38.0 Å². The number of ketones is 1. The molecule has 5 rings (SSSR count). The van der Waals surface area contributed by atoms with Gasteiger partial charge in [-0.15, -0.1) is 0 Å². The maximum atomic E-state index is 14.0. The van der Waals surface area contributed by atoms with Crippen LogP contribution >= 0.6 is 0 Å². The van der Waals surface area contributed by atoms with Crippen molar-refractivity contribution in [3.8, 4) is 0 Å². The van der Waals surface area contributed by atoms with Gasteiger partial charge in [0, 0.05) is 5.92 Å². The average molecular weight is 631 g/mol. The standard InChI is InChI=1S/C37H58O8/c1-21(38)23-13-17-35(6)25-15-19-36(7)24(14-18-37(36,8)26(25)11-12-28(35)34(23,4)5)22(10-9-16-33(2,3)43)31(42)45-32-30(41)29(40)27(39)20-44-32/h9,16,22-24,27-30,32,39-41,43H,10-15,17-20H2,1-8H3/b16-9+/t22-,23+,24-,27-,28+,29+,30-,32+,35-,36-,37+/m1/s1. The number of allylic oxidation sites excluding steroid dienone is 3. The van der Waals surface area contributed by atoms with E-state index >= 15 is 0 Å². The van der Waals surface area contributed by atoms with Gasteiger partial charge in [-0.25, -0.2) is 0 Å². The minimum absolute atomic E-state index is 0.00201. The number of esters is 1. The number of carbonyl (C=O) groups excluding carboxylic acids is 2. The summed E-state index contributed by atoms with van der Waals surface area (Å²) >= 11 is 0. The molecule has 0 spiro atoms. The van der Waals surface area contributed by atoms with E-state index in [0.717, 1.165) is 51.4 Å². The van der Waals surface area contributed by atoms with Crippen LogP contribution < -0.4 is 0 Å². The summed E-state index contributed by atoms with van der Waals surface area (Å²) in [7, 11) is 0. The molecule has 0 radical (unpaired) electrons. The third-order valence-corrected chi connectivity index (χ3v) is 13.7. The molecule has 1 heterocycles. The fourth-order valence-electron chi connectivity index (χ4n) is 11.1. The molecular formula is C37H58O8. The Balaban J connectivity index is 1.46. The fourth-order valence-corrected chi connectivity index (χ4v) is 11.1. The highest BCUT2D eigenvalue weighted by Gasteiger charge is 2.64. The van der Waals surface area contributed by atoms with E-state index in [1.807, 2.05) is 6.08 Å². The Morgan fingerprint density at radius 3 is 2.31 bits per heavy atom. The molecule has 4 N–H and O–H groups in total. The quantitative estimate of drug-likeness (QED) is 0.221. The topological polar surface area (TPSA) is 134 Å². The van der Waals surface area contributed by atoms with Crippen LogP contribution in [0, 0.1) is 45.3 Å². The van der Waals surface area contributed by atoms with E-state index in [0.29, 0.717) is 18.1 Å². The Labute approximate surface area is 269 Å². The maximum absolute atomic E-state index is 14.0. The predicted octanol–water partition coefficient (Wildman–Crippen LogP) is 5.26. The number of rotatable bonds is 7. The molecule has 8 nitrogen and oxygen atoms in total. The molecular weight excluding hydrogens is 572 g/mol. The van der Waals surface area contributed by atoms with Crippen molar-refractivity contribution < 1.29 is 39.5 Å². The first-order valence-corrected chi connectivity index (χ1v) is 17.3. The van der Waals surface area contributed by atoms with Gasteiger partial charge in [-0.1, -0.05) is 57.9 Å². The molecule has 0 unspecified atom stereocenters. The lowest BCUT2D eigenvalue weighted by molar-refractivity contribution is -0.265. The zero-order chi connectivity index (χ0) is 33.3. The van der Waals surface area contributed by atoms with Crippen molar-refractivity contribution in [3.05, 3.63) is 23.3 Å². The smallest absolute Gasteiger partial charge is 0.311 e. The summed E-state index contributed by atoms with van der Waals surface area (Å²) in [6, 6.07) is 0. The lowest BCUT2D eigenvalue weighted by Gasteiger charge is -2.62. The first-order chi connectivity index (χ1) is 20.8. The Morgan fingerprint density at radius 2 is 1.67 bits per heavy atom. The Kier molecular flexibility index (Phi) is 9.14. The first-order valence-electron chi connectivity index (χ1n) is 17.3. The van der Waals surface area contributed by atoms with Crippen LogP contribution in [-0.4, -0.2) is 69.0 Å². The molecule has 3 fully saturated rings. The van der Waals surface area contributed by atoms with E-state index in [2.05, 4.69) is 34.6 Å². The highest BCUT2D eigenvalue weighted by Crippen LogP contribution is 2.73. The number of hydrogen-bond donors (Lipinski definition) is 4. The zero-order valence-corrected chi connectivity index (χ0v) is 28.8. The molecule has 45 heavy (non-hydrogen) atoms. The van der Waals surface area contributed by atoms with Gasteiger partial charge < -0.3 is 29.9 Å². The second-order valence-corrected chi connectivity index (χ2v) is 17.0. The number of fused-ring (bicyclic) bond motifs is 4. The van der Waals surface area contributed by atoms with Crippen molar-refractivity contribution in [1.82, 2.24) is 0 Å². The van der Waals surface area contributed by atoms with E-state index in [4.69, 9.17) is 9.47 Å². The molecule has 254 valence electrons. The molecule has 4 aliphatic carbocycles. The lowest BCUT2D eigenvalue weighted by atomic mass is 9.42. The van der Waals surface area contributed by atoms with Gasteiger partial charge in [0.25, 0.3) is 0 Å². The Hall–Kier alpha value is -1.58. The van der Waals surface area contributed by atoms with Crippen molar-refractivity contribution in [2.75, 3.05) is 6.61 Å². The van der Waals surface area contributed by atoms with Crippen LogP contribution in [0.3, 0.4) is 0 Å². The number of Topliss-reactive ketones (excluding diaryl/α,β-unsaturated/α-hetero) is 1. The van der Waals surface area contributed by atoms with Crippen LogP contribution in [0.25, 0.3) is 0 Å². The van der Waals surface area contributed by atoms with E-state index < -0.39 is 42.1 Å². The number of carbonyl (C=O) groups is 2. The summed E-state index contributed by atoms with van der Waals surface area (Å²) < 4.78 is 11.2. The molecule has 0 amide bonds. The largest absolute Gasteiger partial charge is 0.433 e. The molecule has 11 atom stereocenters. The molecule has 2 saturated carbocycles. The second-order valence-electron chi connectivity index (χ2n) is 17.0. The van der Waals surface area contributed by atoms with Crippen molar-refractivity contribution in [3.63, 3.8) is 0 Å². The summed E-state index contributed by atoms with van der Waals surface area (Å²) in [6.45, 7) is 16.8. The van der Waals surface area contributed by atoms with E-state index in [-0.39, 0.29) is 40.1 Å². The lowest BCUT2D eigenvalue weighted by Crippen LogP contribution is -2.55. The molecule has 0 bridgehead atoms. The van der Waals surface area contributed by atoms with Gasteiger partial charge in [0.15, 0.2) is 0 Å². The van der Waals surface area contributed by atoms with Crippen LogP contribution in [0.5, 0.6) is 0 Å². The Bertz CT molecular complexity index is 1230. The zero-order valence-electron chi connectivity index (χ0n) is 28.8. The number of hydrogen-bond acceptors (Lipinski definition) is 8. The minimum Gasteiger partial charge on any atom is -0.433 e. The van der Waals surface area contributed by atoms with Crippen molar-refractivity contribution in [2.24, 2.45) is 45.3 Å². The average Bonchev–Trinajstić information content (AvgIpc) is 3.21. The first kappa shape index (κ1) is 34.7. The van der Waals surface area contributed by atoms with Gasteiger partial charge >= 0.3 is 5.97 Å². The van der Waals surface area contributed by atoms with Crippen molar-refractivity contribution in [1.29, 1.82) is 0 Å². The third kappa shape index (κ3) is 5.68. The van der Waals surface area contributed by atoms with E-state index in [1.165, 1.54) is 0 Å².